The van der Waals surface area contributed by atoms with E-state index in [0.29, 0.717) is 32.0 Å². The molecule has 2 heterocycles. The Labute approximate surface area is 111 Å². The highest BCUT2D eigenvalue weighted by atomic mass is 16.7. The first kappa shape index (κ1) is 12.4. The molecule has 2 aliphatic rings. The van der Waals surface area contributed by atoms with Gasteiger partial charge in [0, 0.05) is 32.0 Å². The molecule has 2 saturated heterocycles. The Balaban J connectivity index is 1.76. The second-order valence-corrected chi connectivity index (χ2v) is 4.84. The topological polar surface area (TPSA) is 64.8 Å². The zero-order valence-electron chi connectivity index (χ0n) is 10.6. The molecule has 1 aromatic rings. The van der Waals surface area contributed by atoms with E-state index in [1.807, 2.05) is 11.0 Å². The van der Waals surface area contributed by atoms with Crippen LogP contribution < -0.4 is 4.90 Å². The monoisotopic (exact) mass is 264 g/mol. The van der Waals surface area contributed by atoms with E-state index in [1.54, 1.807) is 18.2 Å². The largest absolute Gasteiger partial charge is 0.366 e. The number of nitro benzene ring substituents is 1. The zero-order chi connectivity index (χ0) is 13.3. The first-order valence-corrected chi connectivity index (χ1v) is 6.46. The first-order chi connectivity index (χ1) is 9.20. The lowest BCUT2D eigenvalue weighted by molar-refractivity contribution is -0.384. The molecule has 6 nitrogen and oxygen atoms in total. The Kier molecular flexibility index (Phi) is 3.12. The number of anilines is 1. The minimum atomic E-state index is -0.444. The smallest absolute Gasteiger partial charge is 0.292 e. The number of rotatable bonds is 2. The van der Waals surface area contributed by atoms with Crippen molar-refractivity contribution in [2.45, 2.75) is 18.6 Å². The van der Waals surface area contributed by atoms with E-state index in [-0.39, 0.29) is 10.6 Å². The molecule has 1 spiro atoms. The van der Waals surface area contributed by atoms with E-state index in [0.717, 1.165) is 12.8 Å². The van der Waals surface area contributed by atoms with E-state index < -0.39 is 5.79 Å². The van der Waals surface area contributed by atoms with Crippen LogP contribution in [0.2, 0.25) is 0 Å². The summed E-state index contributed by atoms with van der Waals surface area (Å²) in [5.41, 5.74) is 0.840. The second-order valence-electron chi connectivity index (χ2n) is 4.84. The molecule has 0 bridgehead atoms. The number of benzene rings is 1. The highest BCUT2D eigenvalue weighted by molar-refractivity contribution is 5.63. The van der Waals surface area contributed by atoms with Crippen LogP contribution in [0.15, 0.2) is 24.3 Å². The molecule has 0 aromatic heterocycles. The number of piperidine rings is 1. The lowest BCUT2D eigenvalue weighted by atomic mass is 10.0. The molecule has 0 aliphatic carbocycles. The third-order valence-corrected chi connectivity index (χ3v) is 3.76. The molecule has 102 valence electrons. The van der Waals surface area contributed by atoms with Crippen LogP contribution in [0.5, 0.6) is 0 Å². The Bertz CT molecular complexity index is 475. The van der Waals surface area contributed by atoms with Crippen molar-refractivity contribution in [2.75, 3.05) is 31.2 Å². The van der Waals surface area contributed by atoms with Gasteiger partial charge in [0.1, 0.15) is 5.69 Å². The van der Waals surface area contributed by atoms with Gasteiger partial charge in [0.2, 0.25) is 0 Å². The molecule has 0 radical (unpaired) electrons. The van der Waals surface area contributed by atoms with E-state index in [2.05, 4.69) is 0 Å². The van der Waals surface area contributed by atoms with Crippen LogP contribution in [0.4, 0.5) is 11.4 Å². The predicted molar refractivity (Wildman–Crippen MR) is 69.2 cm³/mol. The fourth-order valence-corrected chi connectivity index (χ4v) is 2.76. The van der Waals surface area contributed by atoms with Crippen LogP contribution in [0.25, 0.3) is 0 Å². The highest BCUT2D eigenvalue weighted by Crippen LogP contribution is 2.36. The molecule has 0 atom stereocenters. The maximum Gasteiger partial charge on any atom is 0.292 e. The second kappa shape index (κ2) is 4.79. The van der Waals surface area contributed by atoms with Gasteiger partial charge in [-0.15, -0.1) is 0 Å². The summed E-state index contributed by atoms with van der Waals surface area (Å²) in [4.78, 5) is 12.7. The summed E-state index contributed by atoms with van der Waals surface area (Å²) >= 11 is 0. The summed E-state index contributed by atoms with van der Waals surface area (Å²) < 4.78 is 11.3. The number of ether oxygens (including phenoxy) is 2. The standard InChI is InChI=1S/C13H16N2O4/c16-15(17)12-4-2-1-3-11(12)14-7-5-13(6-8-14)18-9-10-19-13/h1-4H,5-10H2. The van der Waals surface area contributed by atoms with Crippen molar-refractivity contribution in [3.05, 3.63) is 34.4 Å². The first-order valence-electron chi connectivity index (χ1n) is 6.46. The van der Waals surface area contributed by atoms with Gasteiger partial charge in [-0.05, 0) is 6.07 Å². The van der Waals surface area contributed by atoms with E-state index in [4.69, 9.17) is 9.47 Å². The molecule has 6 heteroatoms. The summed E-state index contributed by atoms with van der Waals surface area (Å²) in [6.45, 7) is 2.71. The number of para-hydroxylation sites is 2. The van der Waals surface area contributed by atoms with E-state index >= 15 is 0 Å². The molecule has 0 unspecified atom stereocenters. The van der Waals surface area contributed by atoms with Gasteiger partial charge in [0.05, 0.1) is 18.1 Å². The third kappa shape index (κ3) is 2.29. The van der Waals surface area contributed by atoms with Gasteiger partial charge in [-0.3, -0.25) is 10.1 Å². The predicted octanol–water partition coefficient (Wildman–Crippen LogP) is 1.94. The number of nitro groups is 1. The van der Waals surface area contributed by atoms with Crippen LogP contribution >= 0.6 is 0 Å². The highest BCUT2D eigenvalue weighted by Gasteiger charge is 2.40. The molecular formula is C13H16N2O4. The molecule has 1 aromatic carbocycles. The van der Waals surface area contributed by atoms with Crippen LogP contribution in [0.1, 0.15) is 12.8 Å². The summed E-state index contributed by atoms with van der Waals surface area (Å²) in [6.07, 6.45) is 1.50. The molecule has 0 saturated carbocycles. The molecule has 19 heavy (non-hydrogen) atoms. The molecule has 0 amide bonds. The van der Waals surface area contributed by atoms with Gasteiger partial charge < -0.3 is 14.4 Å². The zero-order valence-corrected chi connectivity index (χ0v) is 10.6. The van der Waals surface area contributed by atoms with Crippen molar-refractivity contribution in [2.24, 2.45) is 0 Å². The summed E-state index contributed by atoms with van der Waals surface area (Å²) in [6, 6.07) is 6.86. The maximum absolute atomic E-state index is 11.0. The Hall–Kier alpha value is -1.66. The van der Waals surface area contributed by atoms with Gasteiger partial charge >= 0.3 is 0 Å². The Morgan fingerprint density at radius 3 is 2.42 bits per heavy atom. The molecule has 0 N–H and O–H groups in total. The average molecular weight is 264 g/mol. The lowest BCUT2D eigenvalue weighted by Gasteiger charge is -2.38. The van der Waals surface area contributed by atoms with Gasteiger partial charge in [0.15, 0.2) is 5.79 Å². The fourth-order valence-electron chi connectivity index (χ4n) is 2.76. The SMILES string of the molecule is O=[N+]([O-])c1ccccc1N1CCC2(CC1)OCCO2. The number of nitrogens with zero attached hydrogens (tertiary/aromatic N) is 2. The van der Waals surface area contributed by atoms with E-state index in [9.17, 15) is 10.1 Å². The molecule has 2 aliphatic heterocycles. The van der Waals surface area contributed by atoms with Crippen LogP contribution in [0.3, 0.4) is 0 Å². The quantitative estimate of drug-likeness (QED) is 0.603. The van der Waals surface area contributed by atoms with Crippen molar-refractivity contribution in [3.8, 4) is 0 Å². The van der Waals surface area contributed by atoms with Crippen LogP contribution in [-0.2, 0) is 9.47 Å². The van der Waals surface area contributed by atoms with Gasteiger partial charge in [-0.1, -0.05) is 12.1 Å². The summed E-state index contributed by atoms with van der Waals surface area (Å²) in [5, 5.41) is 11.0. The Morgan fingerprint density at radius 1 is 1.16 bits per heavy atom. The molecular weight excluding hydrogens is 248 g/mol. The van der Waals surface area contributed by atoms with Crippen molar-refractivity contribution in [3.63, 3.8) is 0 Å². The van der Waals surface area contributed by atoms with Gasteiger partial charge in [-0.25, -0.2) is 0 Å². The number of hydrogen-bond acceptors (Lipinski definition) is 5. The van der Waals surface area contributed by atoms with Crippen LogP contribution in [-0.4, -0.2) is 37.0 Å². The Morgan fingerprint density at radius 2 is 1.79 bits per heavy atom. The van der Waals surface area contributed by atoms with Gasteiger partial charge in [-0.2, -0.15) is 0 Å². The van der Waals surface area contributed by atoms with E-state index in [1.165, 1.54) is 0 Å². The van der Waals surface area contributed by atoms with Crippen molar-refractivity contribution < 1.29 is 14.4 Å². The average Bonchev–Trinajstić information content (AvgIpc) is 2.88. The maximum atomic E-state index is 11.0. The summed E-state index contributed by atoms with van der Waals surface area (Å²) in [5.74, 6) is -0.444. The number of hydrogen-bond donors (Lipinski definition) is 0. The van der Waals surface area contributed by atoms with Crippen molar-refractivity contribution in [1.29, 1.82) is 0 Å². The fraction of sp³-hybridized carbons (Fsp3) is 0.538. The van der Waals surface area contributed by atoms with Crippen molar-refractivity contribution >= 4 is 11.4 Å². The third-order valence-electron chi connectivity index (χ3n) is 3.76. The van der Waals surface area contributed by atoms with Crippen LogP contribution in [0, 0.1) is 10.1 Å². The van der Waals surface area contributed by atoms with Crippen molar-refractivity contribution in [1.82, 2.24) is 0 Å². The molecule has 3 rings (SSSR count). The normalized spacial score (nSPS) is 21.8. The minimum Gasteiger partial charge on any atom is -0.366 e. The minimum absolute atomic E-state index is 0.159. The molecule has 2 fully saturated rings. The lowest BCUT2D eigenvalue weighted by Crippen LogP contribution is -2.45. The van der Waals surface area contributed by atoms with Gasteiger partial charge in [0.25, 0.3) is 5.69 Å². The summed E-state index contributed by atoms with van der Waals surface area (Å²) in [7, 11) is 0.